The van der Waals surface area contributed by atoms with Crippen LogP contribution in [0.25, 0.3) is 0 Å². The molecule has 1 heterocycles. The minimum Gasteiger partial charge on any atom is -0.476 e. The quantitative estimate of drug-likeness (QED) is 0.525. The van der Waals surface area contributed by atoms with Crippen LogP contribution in [0.3, 0.4) is 0 Å². The standard InChI is InChI=1S/C5H4N2O3.H2O/c8-3-1-2-6-7-4(3)5(9)10;/h1-2H,(H,6,8)(H,9,10);1H2. The lowest BCUT2D eigenvalue weighted by Crippen LogP contribution is -2.16. The van der Waals surface area contributed by atoms with Crippen molar-refractivity contribution in [3.63, 3.8) is 0 Å². The van der Waals surface area contributed by atoms with Crippen molar-refractivity contribution in [3.05, 3.63) is 28.2 Å². The number of carboxylic acid groups (broad SMARTS) is 1. The number of nitrogens with zero attached hydrogens (tertiary/aromatic N) is 1. The van der Waals surface area contributed by atoms with Crippen molar-refractivity contribution in [2.24, 2.45) is 0 Å². The van der Waals surface area contributed by atoms with Gasteiger partial charge in [0.1, 0.15) is 0 Å². The molecule has 0 aromatic carbocycles. The van der Waals surface area contributed by atoms with Crippen molar-refractivity contribution in [2.45, 2.75) is 0 Å². The number of nitrogens with one attached hydrogen (secondary N) is 1. The van der Waals surface area contributed by atoms with Gasteiger partial charge in [0, 0.05) is 12.3 Å². The van der Waals surface area contributed by atoms with E-state index in [0.29, 0.717) is 0 Å². The molecule has 1 aromatic heterocycles. The number of hydrogen-bond acceptors (Lipinski definition) is 3. The molecule has 0 fully saturated rings. The predicted molar refractivity (Wildman–Crippen MR) is 35.4 cm³/mol. The Balaban J connectivity index is 0.000001000. The first-order valence-corrected chi connectivity index (χ1v) is 2.49. The summed E-state index contributed by atoms with van der Waals surface area (Å²) in [7, 11) is 0. The van der Waals surface area contributed by atoms with Crippen molar-refractivity contribution in [1.82, 2.24) is 10.2 Å². The SMILES string of the molecule is O.O=C(O)c1n[nH]ccc1=O. The van der Waals surface area contributed by atoms with Gasteiger partial charge in [0.25, 0.3) is 0 Å². The molecular weight excluding hydrogens is 152 g/mol. The molecule has 4 N–H and O–H groups in total. The van der Waals surface area contributed by atoms with Gasteiger partial charge < -0.3 is 10.6 Å². The van der Waals surface area contributed by atoms with Crippen molar-refractivity contribution < 1.29 is 15.4 Å². The predicted octanol–water partition coefficient (Wildman–Crippen LogP) is -1.36. The molecule has 0 atom stereocenters. The Morgan fingerprint density at radius 1 is 1.64 bits per heavy atom. The van der Waals surface area contributed by atoms with Crippen LogP contribution in [0.2, 0.25) is 0 Å². The summed E-state index contributed by atoms with van der Waals surface area (Å²) < 4.78 is 0. The zero-order valence-electron chi connectivity index (χ0n) is 5.37. The lowest BCUT2D eigenvalue weighted by molar-refractivity contribution is 0.0687. The van der Waals surface area contributed by atoms with E-state index < -0.39 is 17.1 Å². The monoisotopic (exact) mass is 158 g/mol. The van der Waals surface area contributed by atoms with E-state index in [0.717, 1.165) is 6.07 Å². The average Bonchev–Trinajstić information content (AvgIpc) is 1.88. The molecule has 0 bridgehead atoms. The van der Waals surface area contributed by atoms with Gasteiger partial charge in [0.2, 0.25) is 11.1 Å². The van der Waals surface area contributed by atoms with Crippen molar-refractivity contribution in [1.29, 1.82) is 0 Å². The Bertz CT molecular complexity index is 305. The molecule has 0 aliphatic rings. The highest BCUT2D eigenvalue weighted by Crippen LogP contribution is 1.79. The van der Waals surface area contributed by atoms with E-state index in [9.17, 15) is 9.59 Å². The van der Waals surface area contributed by atoms with Crippen LogP contribution in [0, 0.1) is 0 Å². The third-order valence-electron chi connectivity index (χ3n) is 0.922. The summed E-state index contributed by atoms with van der Waals surface area (Å²) in [5.74, 6) is -1.32. The van der Waals surface area contributed by atoms with Crippen molar-refractivity contribution >= 4 is 5.97 Å². The second-order valence-corrected chi connectivity index (χ2v) is 1.59. The molecule has 60 valence electrons. The zero-order chi connectivity index (χ0) is 7.56. The van der Waals surface area contributed by atoms with Gasteiger partial charge in [-0.05, 0) is 0 Å². The van der Waals surface area contributed by atoms with E-state index >= 15 is 0 Å². The Morgan fingerprint density at radius 3 is 2.64 bits per heavy atom. The largest absolute Gasteiger partial charge is 0.476 e. The average molecular weight is 158 g/mol. The Morgan fingerprint density at radius 2 is 2.27 bits per heavy atom. The highest BCUT2D eigenvalue weighted by Gasteiger charge is 2.07. The Kier molecular flexibility index (Phi) is 2.94. The molecule has 0 radical (unpaired) electrons. The third kappa shape index (κ3) is 1.87. The fourth-order valence-electron chi connectivity index (χ4n) is 0.502. The number of carboxylic acids is 1. The summed E-state index contributed by atoms with van der Waals surface area (Å²) >= 11 is 0. The van der Waals surface area contributed by atoms with Crippen LogP contribution in [0.15, 0.2) is 17.1 Å². The van der Waals surface area contributed by atoms with Crippen LogP contribution >= 0.6 is 0 Å². The molecule has 1 rings (SSSR count). The number of aromatic amines is 1. The van der Waals surface area contributed by atoms with E-state index in [1.807, 2.05) is 0 Å². The molecule has 1 aromatic rings. The molecular formula is C5H6N2O4. The Hall–Kier alpha value is -1.69. The van der Waals surface area contributed by atoms with Gasteiger partial charge >= 0.3 is 5.97 Å². The number of H-pyrrole nitrogens is 1. The first kappa shape index (κ1) is 9.31. The molecule has 0 saturated heterocycles. The first-order chi connectivity index (χ1) is 4.72. The molecule has 11 heavy (non-hydrogen) atoms. The summed E-state index contributed by atoms with van der Waals surface area (Å²) in [5.41, 5.74) is -1.08. The van der Waals surface area contributed by atoms with Crippen LogP contribution in [-0.4, -0.2) is 26.7 Å². The van der Waals surface area contributed by atoms with E-state index in [-0.39, 0.29) is 5.48 Å². The van der Waals surface area contributed by atoms with Gasteiger partial charge in [-0.15, -0.1) is 0 Å². The zero-order valence-corrected chi connectivity index (χ0v) is 5.37. The maximum Gasteiger partial charge on any atom is 0.360 e. The van der Waals surface area contributed by atoms with E-state index in [1.54, 1.807) is 0 Å². The summed E-state index contributed by atoms with van der Waals surface area (Å²) in [6.07, 6.45) is 1.27. The molecule has 0 amide bonds. The minimum atomic E-state index is -1.32. The van der Waals surface area contributed by atoms with Gasteiger partial charge in [0.15, 0.2) is 0 Å². The number of aromatic nitrogens is 2. The highest BCUT2D eigenvalue weighted by atomic mass is 16.4. The van der Waals surface area contributed by atoms with E-state index in [2.05, 4.69) is 10.2 Å². The number of rotatable bonds is 1. The number of hydrogen-bond donors (Lipinski definition) is 2. The molecule has 6 nitrogen and oxygen atoms in total. The molecule has 0 aliphatic carbocycles. The van der Waals surface area contributed by atoms with Crippen LogP contribution in [0.1, 0.15) is 10.5 Å². The fraction of sp³-hybridized carbons (Fsp3) is 0. The summed E-state index contributed by atoms with van der Waals surface area (Å²) in [6, 6.07) is 1.11. The van der Waals surface area contributed by atoms with Crippen LogP contribution in [-0.2, 0) is 0 Å². The van der Waals surface area contributed by atoms with Crippen LogP contribution in [0.4, 0.5) is 0 Å². The van der Waals surface area contributed by atoms with Gasteiger partial charge in [-0.3, -0.25) is 9.89 Å². The highest BCUT2D eigenvalue weighted by molar-refractivity contribution is 5.84. The van der Waals surface area contributed by atoms with Crippen LogP contribution in [0.5, 0.6) is 0 Å². The van der Waals surface area contributed by atoms with Gasteiger partial charge in [-0.25, -0.2) is 4.79 Å². The maximum absolute atomic E-state index is 10.6. The van der Waals surface area contributed by atoms with Crippen LogP contribution < -0.4 is 5.43 Å². The number of carbonyl (C=O) groups is 1. The normalized spacial score (nSPS) is 8.36. The maximum atomic E-state index is 10.6. The lowest BCUT2D eigenvalue weighted by Gasteiger charge is -1.87. The molecule has 0 saturated carbocycles. The topological polar surface area (TPSA) is 115 Å². The molecule has 0 unspecified atom stereocenters. The molecule has 0 spiro atoms. The molecule has 0 aliphatic heterocycles. The second kappa shape index (κ2) is 3.47. The van der Waals surface area contributed by atoms with Gasteiger partial charge in [0.05, 0.1) is 0 Å². The Labute approximate surface area is 60.8 Å². The number of aromatic carboxylic acids is 1. The summed E-state index contributed by atoms with van der Waals surface area (Å²) in [4.78, 5) is 20.7. The van der Waals surface area contributed by atoms with Crippen molar-refractivity contribution in [3.8, 4) is 0 Å². The smallest absolute Gasteiger partial charge is 0.360 e. The first-order valence-electron chi connectivity index (χ1n) is 2.49. The van der Waals surface area contributed by atoms with Gasteiger partial charge in [-0.2, -0.15) is 5.10 Å². The summed E-state index contributed by atoms with van der Waals surface area (Å²) in [6.45, 7) is 0. The second-order valence-electron chi connectivity index (χ2n) is 1.59. The van der Waals surface area contributed by atoms with Gasteiger partial charge in [-0.1, -0.05) is 0 Å². The van der Waals surface area contributed by atoms with E-state index in [4.69, 9.17) is 5.11 Å². The summed E-state index contributed by atoms with van der Waals surface area (Å²) in [5, 5.41) is 13.8. The third-order valence-corrected chi connectivity index (χ3v) is 0.922. The minimum absolute atomic E-state index is 0. The molecule has 6 heteroatoms. The fourth-order valence-corrected chi connectivity index (χ4v) is 0.502. The lowest BCUT2D eigenvalue weighted by atomic mass is 10.4. The van der Waals surface area contributed by atoms with E-state index in [1.165, 1.54) is 6.20 Å². The van der Waals surface area contributed by atoms with Crippen molar-refractivity contribution in [2.75, 3.05) is 0 Å².